The van der Waals surface area contributed by atoms with Crippen molar-refractivity contribution < 1.29 is 38.2 Å². The zero-order valence-electron chi connectivity index (χ0n) is 28.6. The van der Waals surface area contributed by atoms with Crippen molar-refractivity contribution in [2.24, 2.45) is 23.7 Å². The summed E-state index contributed by atoms with van der Waals surface area (Å²) < 4.78 is 13.9. The molecule has 6 aliphatic rings. The summed E-state index contributed by atoms with van der Waals surface area (Å²) in [7, 11) is 0. The van der Waals surface area contributed by atoms with E-state index in [0.717, 1.165) is 8.95 Å². The Hall–Kier alpha value is -5.02. The van der Waals surface area contributed by atoms with Gasteiger partial charge in [0.25, 0.3) is 11.8 Å². The van der Waals surface area contributed by atoms with Crippen molar-refractivity contribution in [3.63, 3.8) is 0 Å². The highest BCUT2D eigenvalue weighted by Crippen LogP contribution is 2.61. The average molecular weight is 855 g/mol. The van der Waals surface area contributed by atoms with Gasteiger partial charge in [-0.3, -0.25) is 28.8 Å². The van der Waals surface area contributed by atoms with Gasteiger partial charge in [-0.05, 0) is 62.4 Å². The lowest BCUT2D eigenvalue weighted by atomic mass is 9.74. The predicted molar refractivity (Wildman–Crippen MR) is 199 cm³/mol. The van der Waals surface area contributed by atoms with Crippen LogP contribution in [0.1, 0.15) is 25.0 Å². The molecule has 0 aliphatic carbocycles. The molecule has 6 heterocycles. The molecule has 0 unspecified atom stereocenters. The Balaban J connectivity index is 0.000000142. The van der Waals surface area contributed by atoms with Crippen LogP contribution < -0.4 is 20.4 Å². The Morgan fingerprint density at radius 1 is 0.481 bits per heavy atom. The monoisotopic (exact) mass is 852 g/mol. The molecule has 272 valence electrons. The Morgan fingerprint density at radius 3 is 1.13 bits per heavy atom. The van der Waals surface area contributed by atoms with Crippen LogP contribution in [0.3, 0.4) is 0 Å². The van der Waals surface area contributed by atoms with Crippen LogP contribution in [0.2, 0.25) is 0 Å². The van der Waals surface area contributed by atoms with Crippen LogP contribution in [0, 0.1) is 23.7 Å². The molecule has 0 aromatic heterocycles. The molecule has 8 atom stereocenters. The minimum absolute atomic E-state index is 0.361. The van der Waals surface area contributed by atoms with E-state index in [-0.39, 0.29) is 23.6 Å². The molecule has 0 spiro atoms. The van der Waals surface area contributed by atoms with Crippen LogP contribution in [-0.4, -0.2) is 46.6 Å². The van der Waals surface area contributed by atoms with Crippen molar-refractivity contribution in [1.82, 2.24) is 10.6 Å². The number of carbonyl (C=O) groups excluding carboxylic acids is 6. The van der Waals surface area contributed by atoms with Crippen LogP contribution in [0.25, 0.3) is 0 Å². The number of anilines is 2. The molecule has 4 bridgehead atoms. The summed E-state index contributed by atoms with van der Waals surface area (Å²) in [6, 6.07) is 32.1. The van der Waals surface area contributed by atoms with Crippen LogP contribution in [0.4, 0.5) is 11.4 Å². The highest BCUT2D eigenvalue weighted by Gasteiger charge is 2.80. The Kier molecular flexibility index (Phi) is 7.55. The smallest absolute Gasteiger partial charge is 0.255 e. The van der Waals surface area contributed by atoms with E-state index in [4.69, 9.17) is 9.47 Å². The van der Waals surface area contributed by atoms with Gasteiger partial charge in [0.15, 0.2) is 22.7 Å². The van der Waals surface area contributed by atoms with Gasteiger partial charge in [0, 0.05) is 20.1 Å². The SMILES string of the molecule is C[C@]12O[C@](c3ccccc3)(NC1=O)[C@@H]1C(=O)N(c3ccc(Br)cc3)C(=O)[C@@H]12.C[C@]12O[C@](c3ccccc3)(NC1=O)[C@@H]1C(=O)N(c3ccc(Br)cc3)C(=O)[C@@H]12. The molecular formula is C40H30Br2N4O8. The number of nitrogens with zero attached hydrogens (tertiary/aromatic N) is 2. The van der Waals surface area contributed by atoms with E-state index in [1.807, 2.05) is 36.4 Å². The first kappa shape index (κ1) is 34.7. The number of imide groups is 2. The van der Waals surface area contributed by atoms with Gasteiger partial charge in [-0.25, -0.2) is 9.80 Å². The highest BCUT2D eigenvalue weighted by molar-refractivity contribution is 9.10. The van der Waals surface area contributed by atoms with Gasteiger partial charge >= 0.3 is 0 Å². The molecule has 12 nitrogen and oxygen atoms in total. The highest BCUT2D eigenvalue weighted by atomic mass is 79.9. The molecule has 4 aromatic carbocycles. The normalized spacial score (nSPS) is 34.1. The third-order valence-corrected chi connectivity index (χ3v) is 12.6. The number of fused-ring (bicyclic) bond motifs is 10. The minimum atomic E-state index is -1.38. The van der Waals surface area contributed by atoms with E-state index in [1.165, 1.54) is 9.80 Å². The van der Waals surface area contributed by atoms with Crippen molar-refractivity contribution in [2.45, 2.75) is 36.5 Å². The molecule has 6 fully saturated rings. The van der Waals surface area contributed by atoms with E-state index < -0.39 is 58.1 Å². The van der Waals surface area contributed by atoms with Gasteiger partial charge < -0.3 is 20.1 Å². The molecule has 6 aliphatic heterocycles. The molecule has 2 N–H and O–H groups in total. The van der Waals surface area contributed by atoms with E-state index in [2.05, 4.69) is 42.5 Å². The number of piperidine rings is 2. The second-order valence-electron chi connectivity index (χ2n) is 14.4. The number of carbonyl (C=O) groups is 6. The molecule has 4 aromatic rings. The Bertz CT molecular complexity index is 2150. The fraction of sp³-hybridized carbons (Fsp3) is 0.250. The third kappa shape index (κ3) is 4.48. The lowest BCUT2D eigenvalue weighted by molar-refractivity contribution is -0.140. The number of hydrogen-bond donors (Lipinski definition) is 2. The van der Waals surface area contributed by atoms with Crippen molar-refractivity contribution in [3.05, 3.63) is 129 Å². The maximum absolute atomic E-state index is 13.4. The number of nitrogens with one attached hydrogen (secondary N) is 2. The molecule has 0 radical (unpaired) electrons. The summed E-state index contributed by atoms with van der Waals surface area (Å²) in [5.74, 6) is -5.59. The zero-order valence-corrected chi connectivity index (χ0v) is 31.8. The topological polar surface area (TPSA) is 151 Å². The standard InChI is InChI=1S/2C20H15BrN2O4/c2*1-19-14-15(17(25)23(16(14)24)13-9-7-12(21)8-10-13)20(27-19,22-18(19)26)11-5-3-2-4-6-11/h2*2-10,14-15H,1H3,(H,22,26)/t2*14-,15+,19-,20+/m11/s1. The predicted octanol–water partition coefficient (Wildman–Crippen LogP) is 4.65. The summed E-state index contributed by atoms with van der Waals surface area (Å²) >= 11 is 6.71. The zero-order chi connectivity index (χ0) is 37.9. The Morgan fingerprint density at radius 2 is 0.796 bits per heavy atom. The first-order chi connectivity index (χ1) is 25.8. The first-order valence-electron chi connectivity index (χ1n) is 17.2. The van der Waals surface area contributed by atoms with Crippen LogP contribution in [0.5, 0.6) is 0 Å². The first-order valence-corrected chi connectivity index (χ1v) is 18.8. The second-order valence-corrected chi connectivity index (χ2v) is 16.2. The summed E-state index contributed by atoms with van der Waals surface area (Å²) in [5, 5.41) is 5.72. The van der Waals surface area contributed by atoms with Gasteiger partial charge in [0.05, 0.1) is 23.2 Å². The van der Waals surface area contributed by atoms with Gasteiger partial charge in [-0.1, -0.05) is 92.5 Å². The number of benzene rings is 4. The third-order valence-electron chi connectivity index (χ3n) is 11.5. The number of halogens is 2. The lowest BCUT2D eigenvalue weighted by Crippen LogP contribution is -2.55. The van der Waals surface area contributed by atoms with Crippen molar-refractivity contribution in [1.29, 1.82) is 0 Å². The summed E-state index contributed by atoms with van der Waals surface area (Å²) in [6.45, 7) is 3.18. The summed E-state index contributed by atoms with van der Waals surface area (Å²) in [4.78, 5) is 80.9. The Labute approximate surface area is 325 Å². The summed E-state index contributed by atoms with van der Waals surface area (Å²) in [5.41, 5.74) is -3.11. The average Bonchev–Trinajstić information content (AvgIpc) is 3.93. The maximum atomic E-state index is 13.4. The van der Waals surface area contributed by atoms with Gasteiger partial charge in [-0.15, -0.1) is 0 Å². The number of hydrogen-bond acceptors (Lipinski definition) is 8. The second kappa shape index (κ2) is 11.7. The fourth-order valence-corrected chi connectivity index (χ4v) is 9.57. The molecule has 10 rings (SSSR count). The number of amides is 6. The molecule has 14 heteroatoms. The summed E-state index contributed by atoms with van der Waals surface area (Å²) in [6.07, 6.45) is 0. The van der Waals surface area contributed by atoms with Gasteiger partial charge in [0.2, 0.25) is 23.6 Å². The van der Waals surface area contributed by atoms with Crippen molar-refractivity contribution >= 4 is 78.7 Å². The molecule has 6 amide bonds. The van der Waals surface area contributed by atoms with E-state index in [1.54, 1.807) is 86.6 Å². The molecule has 54 heavy (non-hydrogen) atoms. The van der Waals surface area contributed by atoms with E-state index >= 15 is 0 Å². The minimum Gasteiger partial charge on any atom is -0.334 e. The van der Waals surface area contributed by atoms with Crippen LogP contribution in [-0.2, 0) is 49.7 Å². The largest absolute Gasteiger partial charge is 0.334 e. The number of ether oxygens (including phenoxy) is 2. The quantitative estimate of drug-likeness (QED) is 0.282. The molecular weight excluding hydrogens is 824 g/mol. The van der Waals surface area contributed by atoms with Crippen molar-refractivity contribution in [2.75, 3.05) is 9.80 Å². The number of rotatable bonds is 4. The van der Waals surface area contributed by atoms with Gasteiger partial charge in [-0.2, -0.15) is 0 Å². The maximum Gasteiger partial charge on any atom is 0.255 e. The van der Waals surface area contributed by atoms with Gasteiger partial charge in [0.1, 0.15) is 11.8 Å². The molecule has 6 saturated heterocycles. The lowest BCUT2D eigenvalue weighted by Gasteiger charge is -2.32. The van der Waals surface area contributed by atoms with Crippen molar-refractivity contribution in [3.8, 4) is 0 Å². The fourth-order valence-electron chi connectivity index (χ4n) is 9.04. The van der Waals surface area contributed by atoms with E-state index in [9.17, 15) is 28.8 Å². The molecule has 0 saturated carbocycles. The van der Waals surface area contributed by atoms with Crippen LogP contribution >= 0.6 is 31.9 Å². The van der Waals surface area contributed by atoms with Crippen LogP contribution in [0.15, 0.2) is 118 Å². The van der Waals surface area contributed by atoms with E-state index in [0.29, 0.717) is 22.5 Å².